The van der Waals surface area contributed by atoms with E-state index in [1.807, 2.05) is 0 Å². The van der Waals surface area contributed by atoms with Gasteiger partial charge < -0.3 is 10.1 Å². The Labute approximate surface area is 224 Å². The van der Waals surface area contributed by atoms with E-state index < -0.39 is 11.9 Å². The first kappa shape index (κ1) is 26.0. The molecule has 0 aliphatic heterocycles. The van der Waals surface area contributed by atoms with Crippen LogP contribution < -0.4 is 10.9 Å². The van der Waals surface area contributed by atoms with Crippen molar-refractivity contribution in [3.8, 4) is 0 Å². The lowest BCUT2D eigenvalue weighted by molar-refractivity contribution is -0.117. The molecule has 37 heavy (non-hydrogen) atoms. The SMILES string of the molecule is CCOC(=O)c1c(NC(=O)Cn2nnc3sc4c(c3c2=O)CCC(C(C)(C)C)C4)sc2c1CCC(C)C2. The van der Waals surface area contributed by atoms with Gasteiger partial charge in [-0.2, -0.15) is 0 Å². The first-order valence-electron chi connectivity index (χ1n) is 13.1. The van der Waals surface area contributed by atoms with E-state index in [-0.39, 0.29) is 24.1 Å². The normalized spacial score (nSPS) is 19.4. The fourth-order valence-electron chi connectivity index (χ4n) is 5.53. The molecule has 0 fully saturated rings. The van der Waals surface area contributed by atoms with Crippen LogP contribution in [0.4, 0.5) is 5.00 Å². The van der Waals surface area contributed by atoms with Crippen LogP contribution in [-0.2, 0) is 41.8 Å². The number of thiophene rings is 2. The Morgan fingerprint density at radius 3 is 2.57 bits per heavy atom. The molecule has 1 N–H and O–H groups in total. The number of aromatic nitrogens is 3. The molecule has 198 valence electrons. The van der Waals surface area contributed by atoms with E-state index in [0.717, 1.165) is 59.2 Å². The summed E-state index contributed by atoms with van der Waals surface area (Å²) in [5.74, 6) is 0.259. The van der Waals surface area contributed by atoms with Crippen LogP contribution in [-0.4, -0.2) is 33.5 Å². The van der Waals surface area contributed by atoms with Crippen LogP contribution >= 0.6 is 22.7 Å². The van der Waals surface area contributed by atoms with Crippen LogP contribution in [0.25, 0.3) is 10.2 Å². The lowest BCUT2D eigenvalue weighted by Gasteiger charge is -2.33. The van der Waals surface area contributed by atoms with Gasteiger partial charge in [0.2, 0.25) is 5.91 Å². The molecule has 2 aliphatic rings. The minimum atomic E-state index is -0.415. The third-order valence-corrected chi connectivity index (χ3v) is 10.0. The number of carbonyl (C=O) groups excluding carboxylic acids is 2. The Morgan fingerprint density at radius 1 is 1.11 bits per heavy atom. The van der Waals surface area contributed by atoms with Crippen LogP contribution in [0.15, 0.2) is 4.79 Å². The number of fused-ring (bicyclic) bond motifs is 4. The summed E-state index contributed by atoms with van der Waals surface area (Å²) < 4.78 is 6.44. The molecule has 0 spiro atoms. The summed E-state index contributed by atoms with van der Waals surface area (Å²) in [6, 6.07) is 0. The van der Waals surface area contributed by atoms with E-state index in [9.17, 15) is 14.4 Å². The number of carbonyl (C=O) groups is 2. The predicted octanol–water partition coefficient (Wildman–Crippen LogP) is 5.01. The zero-order chi connectivity index (χ0) is 26.5. The zero-order valence-corrected chi connectivity index (χ0v) is 23.7. The van der Waals surface area contributed by atoms with Crippen molar-refractivity contribution in [3.05, 3.63) is 36.8 Å². The predicted molar refractivity (Wildman–Crippen MR) is 147 cm³/mol. The molecule has 2 atom stereocenters. The topological polar surface area (TPSA) is 103 Å². The van der Waals surface area contributed by atoms with Crippen LogP contribution in [0.3, 0.4) is 0 Å². The van der Waals surface area contributed by atoms with E-state index in [0.29, 0.717) is 32.6 Å². The number of rotatable bonds is 5. The molecular weight excluding hydrogens is 508 g/mol. The van der Waals surface area contributed by atoms with Gasteiger partial charge >= 0.3 is 5.97 Å². The summed E-state index contributed by atoms with van der Waals surface area (Å²) >= 11 is 2.98. The molecule has 0 aromatic carbocycles. The fourth-order valence-corrected chi connectivity index (χ4v) is 8.18. The molecule has 3 aromatic heterocycles. The van der Waals surface area contributed by atoms with Gasteiger partial charge in [-0.25, -0.2) is 9.48 Å². The molecule has 3 heterocycles. The highest BCUT2D eigenvalue weighted by Crippen LogP contribution is 2.42. The number of nitrogens with zero attached hydrogens (tertiary/aromatic N) is 3. The Balaban J connectivity index is 1.40. The summed E-state index contributed by atoms with van der Waals surface area (Å²) in [4.78, 5) is 42.2. The van der Waals surface area contributed by atoms with Crippen molar-refractivity contribution in [3.63, 3.8) is 0 Å². The van der Waals surface area contributed by atoms with E-state index in [4.69, 9.17) is 4.74 Å². The van der Waals surface area contributed by atoms with E-state index >= 15 is 0 Å². The van der Waals surface area contributed by atoms with Crippen molar-refractivity contribution >= 4 is 49.8 Å². The summed E-state index contributed by atoms with van der Waals surface area (Å²) in [5.41, 5.74) is 2.43. The number of hydrogen-bond donors (Lipinski definition) is 1. The molecular formula is C27H34N4O4S2. The Morgan fingerprint density at radius 2 is 1.84 bits per heavy atom. The molecule has 0 bridgehead atoms. The molecule has 0 radical (unpaired) electrons. The first-order valence-corrected chi connectivity index (χ1v) is 14.7. The summed E-state index contributed by atoms with van der Waals surface area (Å²) in [6.45, 7) is 10.7. The second kappa shape index (κ2) is 9.94. The highest BCUT2D eigenvalue weighted by Gasteiger charge is 2.32. The average molecular weight is 543 g/mol. The number of aryl methyl sites for hydroxylation is 1. The average Bonchev–Trinajstić information content (AvgIpc) is 3.37. The zero-order valence-electron chi connectivity index (χ0n) is 22.1. The summed E-state index contributed by atoms with van der Waals surface area (Å²) in [5, 5.41) is 12.4. The van der Waals surface area contributed by atoms with Gasteiger partial charge in [0.15, 0.2) is 4.83 Å². The van der Waals surface area contributed by atoms with Crippen molar-refractivity contribution in [2.45, 2.75) is 79.7 Å². The Hall–Kier alpha value is -2.59. The Bertz CT molecular complexity index is 1430. The highest BCUT2D eigenvalue weighted by atomic mass is 32.1. The number of anilines is 1. The minimum Gasteiger partial charge on any atom is -0.462 e. The maximum Gasteiger partial charge on any atom is 0.341 e. The molecule has 0 saturated carbocycles. The lowest BCUT2D eigenvalue weighted by Crippen LogP contribution is -2.31. The largest absolute Gasteiger partial charge is 0.462 e. The standard InChI is InChI=1S/C27H34N4O4S2/c1-6-35-26(34)22-17-9-7-14(2)11-18(17)36-23(22)28-20(32)13-31-25(33)21-16-10-8-15(27(3,4)5)12-19(16)37-24(21)29-30-31/h14-15H,6-13H2,1-5H3,(H,28,32). The van der Waals surface area contributed by atoms with Gasteiger partial charge in [-0.3, -0.25) is 9.59 Å². The number of esters is 1. The first-order chi connectivity index (χ1) is 17.6. The second-order valence-corrected chi connectivity index (χ2v) is 13.6. The number of ether oxygens (including phenoxy) is 1. The maximum atomic E-state index is 13.4. The number of amides is 1. The van der Waals surface area contributed by atoms with Crippen LogP contribution in [0, 0.1) is 17.3 Å². The summed E-state index contributed by atoms with van der Waals surface area (Å²) in [7, 11) is 0. The molecule has 5 rings (SSSR count). The maximum absolute atomic E-state index is 13.4. The molecule has 2 unspecified atom stereocenters. The van der Waals surface area contributed by atoms with Crippen LogP contribution in [0.2, 0.25) is 0 Å². The number of hydrogen-bond acceptors (Lipinski definition) is 8. The molecule has 10 heteroatoms. The van der Waals surface area contributed by atoms with Gasteiger partial charge in [0, 0.05) is 9.75 Å². The molecule has 2 aliphatic carbocycles. The molecule has 1 amide bonds. The summed E-state index contributed by atoms with van der Waals surface area (Å²) in [6.07, 6.45) is 5.48. The van der Waals surface area contributed by atoms with Crippen LogP contribution in [0.1, 0.15) is 78.7 Å². The molecule has 8 nitrogen and oxygen atoms in total. The van der Waals surface area contributed by atoms with Crippen molar-refractivity contribution in [1.29, 1.82) is 0 Å². The van der Waals surface area contributed by atoms with Crippen molar-refractivity contribution in [1.82, 2.24) is 15.0 Å². The van der Waals surface area contributed by atoms with E-state index in [1.54, 1.807) is 18.3 Å². The smallest absolute Gasteiger partial charge is 0.341 e. The minimum absolute atomic E-state index is 0.208. The fraction of sp³-hybridized carbons (Fsp3) is 0.593. The Kier molecular flexibility index (Phi) is 7.00. The molecule has 3 aromatic rings. The van der Waals surface area contributed by atoms with Gasteiger partial charge in [0.25, 0.3) is 5.56 Å². The van der Waals surface area contributed by atoms with Crippen molar-refractivity contribution < 1.29 is 14.3 Å². The van der Waals surface area contributed by atoms with E-state index in [1.165, 1.54) is 16.2 Å². The second-order valence-electron chi connectivity index (χ2n) is 11.4. The highest BCUT2D eigenvalue weighted by molar-refractivity contribution is 7.18. The van der Waals surface area contributed by atoms with Crippen LogP contribution in [0.5, 0.6) is 0 Å². The van der Waals surface area contributed by atoms with Gasteiger partial charge in [-0.05, 0) is 73.8 Å². The lowest BCUT2D eigenvalue weighted by atomic mass is 9.72. The van der Waals surface area contributed by atoms with Crippen molar-refractivity contribution in [2.75, 3.05) is 11.9 Å². The third-order valence-electron chi connectivity index (χ3n) is 7.70. The number of nitrogens with one attached hydrogen (secondary N) is 1. The van der Waals surface area contributed by atoms with Gasteiger partial charge in [-0.1, -0.05) is 32.9 Å². The third kappa shape index (κ3) is 4.97. The van der Waals surface area contributed by atoms with E-state index in [2.05, 4.69) is 43.3 Å². The van der Waals surface area contributed by atoms with Gasteiger partial charge in [0.1, 0.15) is 11.5 Å². The van der Waals surface area contributed by atoms with Gasteiger partial charge in [0.05, 0.1) is 17.6 Å². The van der Waals surface area contributed by atoms with Crippen molar-refractivity contribution in [2.24, 2.45) is 17.3 Å². The quantitative estimate of drug-likeness (QED) is 0.455. The molecule has 0 saturated heterocycles. The monoisotopic (exact) mass is 542 g/mol. The van der Waals surface area contributed by atoms with Gasteiger partial charge in [-0.15, -0.1) is 27.8 Å².